The van der Waals surface area contributed by atoms with Crippen LogP contribution in [0.25, 0.3) is 0 Å². The molecule has 3 nitrogen and oxygen atoms in total. The van der Waals surface area contributed by atoms with E-state index in [1.165, 1.54) is 32.1 Å². The fraction of sp³-hybridized carbons (Fsp3) is 0.909. The fourth-order valence-electron chi connectivity index (χ4n) is 1.97. The van der Waals surface area contributed by atoms with E-state index < -0.39 is 5.54 Å². The van der Waals surface area contributed by atoms with Crippen LogP contribution in [0.2, 0.25) is 0 Å². The summed E-state index contributed by atoms with van der Waals surface area (Å²) in [6, 6.07) is 2.16. The Morgan fingerprint density at radius 3 is 2.21 bits per heavy atom. The summed E-state index contributed by atoms with van der Waals surface area (Å²) >= 11 is 0. The molecule has 0 bridgehead atoms. The Kier molecular flexibility index (Phi) is 4.37. The number of hydrogen-bond donors (Lipinski definition) is 1. The largest absolute Gasteiger partial charge is 0.313 e. The minimum absolute atomic E-state index is 0.681. The minimum Gasteiger partial charge on any atom is -0.313 e. The average Bonchev–Trinajstić information content (AvgIpc) is 2.10. The first-order chi connectivity index (χ1) is 6.64. The van der Waals surface area contributed by atoms with Crippen molar-refractivity contribution in [2.24, 2.45) is 5.73 Å². The van der Waals surface area contributed by atoms with Gasteiger partial charge in [-0.1, -0.05) is 19.3 Å². The van der Waals surface area contributed by atoms with Crippen molar-refractivity contribution in [2.75, 3.05) is 19.6 Å². The third-order valence-electron chi connectivity index (χ3n) is 2.76. The van der Waals surface area contributed by atoms with Crippen LogP contribution < -0.4 is 5.73 Å². The molecule has 1 rings (SSSR count). The number of likely N-dealkylation sites (tertiary alicyclic amines) is 1. The minimum atomic E-state index is -0.681. The molecule has 0 aliphatic carbocycles. The van der Waals surface area contributed by atoms with Gasteiger partial charge >= 0.3 is 0 Å². The SMILES string of the molecule is CC(N)(C#N)CN1CCCCCCC1. The van der Waals surface area contributed by atoms with Crippen molar-refractivity contribution < 1.29 is 0 Å². The first kappa shape index (κ1) is 11.5. The smallest absolute Gasteiger partial charge is 0.114 e. The van der Waals surface area contributed by atoms with Crippen molar-refractivity contribution in [2.45, 2.75) is 44.6 Å². The van der Waals surface area contributed by atoms with Gasteiger partial charge < -0.3 is 10.6 Å². The Labute approximate surface area is 86.9 Å². The first-order valence-electron chi connectivity index (χ1n) is 5.56. The molecule has 0 spiro atoms. The van der Waals surface area contributed by atoms with Crippen molar-refractivity contribution >= 4 is 0 Å². The summed E-state index contributed by atoms with van der Waals surface area (Å²) in [5.41, 5.74) is 5.15. The molecule has 1 aliphatic rings. The highest BCUT2D eigenvalue weighted by Gasteiger charge is 2.21. The molecule has 1 unspecified atom stereocenters. The molecule has 0 radical (unpaired) electrons. The second-order valence-corrected chi connectivity index (χ2v) is 4.57. The van der Waals surface area contributed by atoms with E-state index in [1.807, 2.05) is 6.92 Å². The molecule has 1 fully saturated rings. The van der Waals surface area contributed by atoms with Gasteiger partial charge in [0, 0.05) is 6.54 Å². The monoisotopic (exact) mass is 195 g/mol. The van der Waals surface area contributed by atoms with E-state index in [1.54, 1.807) is 0 Å². The van der Waals surface area contributed by atoms with Crippen molar-refractivity contribution in [1.82, 2.24) is 4.90 Å². The van der Waals surface area contributed by atoms with E-state index >= 15 is 0 Å². The van der Waals surface area contributed by atoms with E-state index in [4.69, 9.17) is 11.0 Å². The van der Waals surface area contributed by atoms with Gasteiger partial charge in [0.05, 0.1) is 6.07 Å². The van der Waals surface area contributed by atoms with Crippen LogP contribution >= 0.6 is 0 Å². The van der Waals surface area contributed by atoms with Crippen molar-refractivity contribution in [1.29, 1.82) is 5.26 Å². The molecule has 14 heavy (non-hydrogen) atoms. The topological polar surface area (TPSA) is 53.1 Å². The lowest BCUT2D eigenvalue weighted by Crippen LogP contribution is -2.47. The summed E-state index contributed by atoms with van der Waals surface area (Å²) in [6.45, 7) is 4.73. The molecule has 0 aromatic heterocycles. The zero-order chi connectivity index (χ0) is 10.4. The Balaban J connectivity index is 2.38. The highest BCUT2D eigenvalue weighted by Crippen LogP contribution is 2.12. The molecular formula is C11H21N3. The van der Waals surface area contributed by atoms with Gasteiger partial charge in [-0.3, -0.25) is 0 Å². The predicted molar refractivity (Wildman–Crippen MR) is 57.7 cm³/mol. The van der Waals surface area contributed by atoms with E-state index in [-0.39, 0.29) is 0 Å². The molecule has 0 aromatic carbocycles. The highest BCUT2D eigenvalue weighted by molar-refractivity contribution is 5.03. The maximum atomic E-state index is 8.85. The second kappa shape index (κ2) is 5.33. The molecule has 1 atom stereocenters. The molecule has 80 valence electrons. The van der Waals surface area contributed by atoms with E-state index in [2.05, 4.69) is 11.0 Å². The quantitative estimate of drug-likeness (QED) is 0.726. The van der Waals surface area contributed by atoms with Gasteiger partial charge in [0.15, 0.2) is 0 Å². The van der Waals surface area contributed by atoms with Crippen LogP contribution in [0.3, 0.4) is 0 Å². The molecule has 1 aliphatic heterocycles. The van der Waals surface area contributed by atoms with Crippen molar-refractivity contribution in [3.63, 3.8) is 0 Å². The molecule has 0 saturated carbocycles. The maximum Gasteiger partial charge on any atom is 0.114 e. The lowest BCUT2D eigenvalue weighted by molar-refractivity contribution is 0.220. The van der Waals surface area contributed by atoms with Gasteiger partial charge in [-0.2, -0.15) is 5.26 Å². The van der Waals surface area contributed by atoms with Gasteiger partial charge in [0.2, 0.25) is 0 Å². The third kappa shape index (κ3) is 4.08. The summed E-state index contributed by atoms with van der Waals surface area (Å²) in [6.07, 6.45) is 6.52. The molecule has 0 amide bonds. The number of nitrogens with two attached hydrogens (primary N) is 1. The van der Waals surface area contributed by atoms with E-state index in [0.29, 0.717) is 6.54 Å². The lowest BCUT2D eigenvalue weighted by Gasteiger charge is -2.29. The molecule has 2 N–H and O–H groups in total. The normalized spacial score (nSPS) is 24.4. The Morgan fingerprint density at radius 1 is 1.21 bits per heavy atom. The maximum absolute atomic E-state index is 8.85. The average molecular weight is 195 g/mol. The number of nitrogens with zero attached hydrogens (tertiary/aromatic N) is 2. The van der Waals surface area contributed by atoms with E-state index in [0.717, 1.165) is 13.1 Å². The van der Waals surface area contributed by atoms with Gasteiger partial charge in [-0.25, -0.2) is 0 Å². The molecular weight excluding hydrogens is 174 g/mol. The zero-order valence-electron chi connectivity index (χ0n) is 9.13. The van der Waals surface area contributed by atoms with Crippen LogP contribution in [-0.4, -0.2) is 30.1 Å². The summed E-state index contributed by atoms with van der Waals surface area (Å²) in [7, 11) is 0. The molecule has 0 aromatic rings. The van der Waals surface area contributed by atoms with Crippen LogP contribution in [0.1, 0.15) is 39.0 Å². The highest BCUT2D eigenvalue weighted by atomic mass is 15.1. The number of hydrogen-bond acceptors (Lipinski definition) is 3. The van der Waals surface area contributed by atoms with Gasteiger partial charge in [-0.15, -0.1) is 0 Å². The predicted octanol–water partition coefficient (Wildman–Crippen LogP) is 1.49. The fourth-order valence-corrected chi connectivity index (χ4v) is 1.97. The Hall–Kier alpha value is -0.590. The summed E-state index contributed by atoms with van der Waals surface area (Å²) < 4.78 is 0. The Morgan fingerprint density at radius 2 is 1.71 bits per heavy atom. The summed E-state index contributed by atoms with van der Waals surface area (Å²) in [5.74, 6) is 0. The standard InChI is InChI=1S/C11H21N3/c1-11(13,9-12)10-14-7-5-3-2-4-6-8-14/h2-8,10,13H2,1H3. The van der Waals surface area contributed by atoms with Gasteiger partial charge in [-0.05, 0) is 32.9 Å². The van der Waals surface area contributed by atoms with E-state index in [9.17, 15) is 0 Å². The van der Waals surface area contributed by atoms with Crippen LogP contribution in [0.5, 0.6) is 0 Å². The van der Waals surface area contributed by atoms with Gasteiger partial charge in [0.25, 0.3) is 0 Å². The van der Waals surface area contributed by atoms with Gasteiger partial charge in [0.1, 0.15) is 5.54 Å². The zero-order valence-corrected chi connectivity index (χ0v) is 9.13. The molecule has 1 heterocycles. The summed E-state index contributed by atoms with van der Waals surface area (Å²) in [5, 5.41) is 8.85. The van der Waals surface area contributed by atoms with Crippen molar-refractivity contribution in [3.8, 4) is 6.07 Å². The molecule has 1 saturated heterocycles. The number of rotatable bonds is 2. The molecule has 3 heteroatoms. The summed E-state index contributed by atoms with van der Waals surface area (Å²) in [4.78, 5) is 2.34. The van der Waals surface area contributed by atoms with Crippen molar-refractivity contribution in [3.05, 3.63) is 0 Å². The number of nitriles is 1. The van der Waals surface area contributed by atoms with Crippen LogP contribution in [0.15, 0.2) is 0 Å². The third-order valence-corrected chi connectivity index (χ3v) is 2.76. The van der Waals surface area contributed by atoms with Crippen LogP contribution in [-0.2, 0) is 0 Å². The van der Waals surface area contributed by atoms with Crippen LogP contribution in [0.4, 0.5) is 0 Å². The lowest BCUT2D eigenvalue weighted by atomic mass is 10.0. The van der Waals surface area contributed by atoms with Crippen LogP contribution in [0, 0.1) is 11.3 Å². The Bertz CT molecular complexity index is 197. The first-order valence-corrected chi connectivity index (χ1v) is 5.56. The second-order valence-electron chi connectivity index (χ2n) is 4.57.